The third-order valence-electron chi connectivity index (χ3n) is 3.95. The number of rotatable bonds is 3. The van der Waals surface area contributed by atoms with Gasteiger partial charge in [-0.05, 0) is 30.7 Å². The Bertz CT molecular complexity index is 465. The summed E-state index contributed by atoms with van der Waals surface area (Å²) in [5.41, 5.74) is 7.48. The second-order valence-electron chi connectivity index (χ2n) is 5.30. The zero-order valence-electron chi connectivity index (χ0n) is 10.8. The van der Waals surface area contributed by atoms with Gasteiger partial charge in [-0.25, -0.2) is 0 Å². The van der Waals surface area contributed by atoms with Crippen molar-refractivity contribution in [2.24, 2.45) is 11.7 Å². The monoisotopic (exact) mass is 326 g/mol. The van der Waals surface area contributed by atoms with Gasteiger partial charge >= 0.3 is 0 Å². The molecule has 0 aliphatic heterocycles. The molecule has 104 valence electrons. The second-order valence-corrected chi connectivity index (χ2v) is 6.15. The first-order valence-electron chi connectivity index (χ1n) is 6.76. The number of hydrogen-bond donors (Lipinski definition) is 1. The van der Waals surface area contributed by atoms with Crippen molar-refractivity contribution in [1.29, 1.82) is 0 Å². The maximum absolute atomic E-state index is 10.7. The van der Waals surface area contributed by atoms with Crippen molar-refractivity contribution in [2.75, 3.05) is 0 Å². The lowest BCUT2D eigenvalue weighted by Crippen LogP contribution is -2.30. The number of non-ortho nitro benzene ring substituents is 1. The minimum atomic E-state index is -0.369. The average Bonchev–Trinajstić information content (AvgIpc) is 2.57. The molecule has 4 nitrogen and oxygen atoms in total. The van der Waals surface area contributed by atoms with Gasteiger partial charge < -0.3 is 5.73 Å². The Morgan fingerprint density at radius 3 is 2.74 bits per heavy atom. The van der Waals surface area contributed by atoms with Gasteiger partial charge in [0.15, 0.2) is 0 Å². The standard InChI is InChI=1S/C14H19BrN2O2/c15-13-9-12(17(18)19)7-6-10(13)8-11-4-2-1-3-5-14(11)16/h6-7,9,11,14H,1-5,8,16H2. The number of nitrogens with zero attached hydrogens (tertiary/aromatic N) is 1. The lowest BCUT2D eigenvalue weighted by molar-refractivity contribution is -0.384. The van der Waals surface area contributed by atoms with Gasteiger partial charge in [-0.3, -0.25) is 10.1 Å². The van der Waals surface area contributed by atoms with Crippen LogP contribution in [0.1, 0.15) is 37.7 Å². The molecule has 1 aromatic carbocycles. The molecule has 2 N–H and O–H groups in total. The van der Waals surface area contributed by atoms with Crippen molar-refractivity contribution in [3.63, 3.8) is 0 Å². The van der Waals surface area contributed by atoms with Gasteiger partial charge in [0.25, 0.3) is 5.69 Å². The number of benzene rings is 1. The van der Waals surface area contributed by atoms with Crippen molar-refractivity contribution in [3.8, 4) is 0 Å². The zero-order valence-corrected chi connectivity index (χ0v) is 12.4. The highest BCUT2D eigenvalue weighted by Gasteiger charge is 2.22. The maximum Gasteiger partial charge on any atom is 0.270 e. The molecule has 0 radical (unpaired) electrons. The van der Waals surface area contributed by atoms with Crippen molar-refractivity contribution < 1.29 is 4.92 Å². The van der Waals surface area contributed by atoms with E-state index in [1.165, 1.54) is 19.3 Å². The summed E-state index contributed by atoms with van der Waals surface area (Å²) in [5, 5.41) is 10.7. The van der Waals surface area contributed by atoms with Crippen LogP contribution in [0, 0.1) is 16.0 Å². The zero-order chi connectivity index (χ0) is 13.8. The predicted molar refractivity (Wildman–Crippen MR) is 79.1 cm³/mol. The third-order valence-corrected chi connectivity index (χ3v) is 4.69. The maximum atomic E-state index is 10.7. The van der Waals surface area contributed by atoms with E-state index >= 15 is 0 Å². The highest BCUT2D eigenvalue weighted by atomic mass is 79.9. The summed E-state index contributed by atoms with van der Waals surface area (Å²) < 4.78 is 0.818. The summed E-state index contributed by atoms with van der Waals surface area (Å²) in [6, 6.07) is 5.25. The van der Waals surface area contributed by atoms with Crippen LogP contribution >= 0.6 is 15.9 Å². The lowest BCUT2D eigenvalue weighted by atomic mass is 9.89. The number of hydrogen-bond acceptors (Lipinski definition) is 3. The van der Waals surface area contributed by atoms with Crippen LogP contribution in [0.15, 0.2) is 22.7 Å². The average molecular weight is 327 g/mol. The van der Waals surface area contributed by atoms with Crippen LogP contribution in [0.4, 0.5) is 5.69 Å². The first-order chi connectivity index (χ1) is 9.08. The molecule has 19 heavy (non-hydrogen) atoms. The lowest BCUT2D eigenvalue weighted by Gasteiger charge is -2.21. The van der Waals surface area contributed by atoms with E-state index in [-0.39, 0.29) is 16.7 Å². The number of nitro groups is 1. The van der Waals surface area contributed by atoms with Gasteiger partial charge in [0, 0.05) is 22.6 Å². The summed E-state index contributed by atoms with van der Waals surface area (Å²) in [6.07, 6.45) is 6.88. The van der Waals surface area contributed by atoms with Crippen molar-refractivity contribution in [1.82, 2.24) is 0 Å². The molecule has 1 fully saturated rings. The van der Waals surface area contributed by atoms with Gasteiger partial charge in [0.2, 0.25) is 0 Å². The molecule has 1 aliphatic rings. The van der Waals surface area contributed by atoms with Crippen molar-refractivity contribution in [2.45, 2.75) is 44.6 Å². The molecular weight excluding hydrogens is 308 g/mol. The van der Waals surface area contributed by atoms with Crippen molar-refractivity contribution in [3.05, 3.63) is 38.3 Å². The Morgan fingerprint density at radius 1 is 1.32 bits per heavy atom. The first kappa shape index (κ1) is 14.5. The topological polar surface area (TPSA) is 69.2 Å². The quantitative estimate of drug-likeness (QED) is 0.521. The van der Waals surface area contributed by atoms with E-state index in [1.807, 2.05) is 6.07 Å². The minimum absolute atomic E-state index is 0.126. The van der Waals surface area contributed by atoms with E-state index in [4.69, 9.17) is 5.73 Å². The Morgan fingerprint density at radius 2 is 2.05 bits per heavy atom. The fourth-order valence-electron chi connectivity index (χ4n) is 2.76. The van der Waals surface area contributed by atoms with Gasteiger partial charge in [-0.1, -0.05) is 41.3 Å². The Kier molecular flexibility index (Phi) is 4.93. The van der Waals surface area contributed by atoms with Gasteiger partial charge in [0.05, 0.1) is 4.92 Å². The molecule has 1 aliphatic carbocycles. The number of halogens is 1. The third kappa shape index (κ3) is 3.76. The van der Waals surface area contributed by atoms with Crippen LogP contribution in [0.3, 0.4) is 0 Å². The highest BCUT2D eigenvalue weighted by Crippen LogP contribution is 2.30. The molecule has 0 heterocycles. The predicted octanol–water partition coefficient (Wildman–Crippen LogP) is 3.81. The minimum Gasteiger partial charge on any atom is -0.327 e. The van der Waals surface area contributed by atoms with Crippen LogP contribution in [-0.4, -0.2) is 11.0 Å². The normalized spacial score (nSPS) is 23.9. The van der Waals surface area contributed by atoms with Gasteiger partial charge in [-0.15, -0.1) is 0 Å². The Labute approximate surface area is 121 Å². The molecule has 2 unspecified atom stereocenters. The smallest absolute Gasteiger partial charge is 0.270 e. The molecule has 0 spiro atoms. The van der Waals surface area contributed by atoms with Crippen LogP contribution < -0.4 is 5.73 Å². The molecule has 0 bridgehead atoms. The summed E-state index contributed by atoms with van der Waals surface area (Å²) in [7, 11) is 0. The summed E-state index contributed by atoms with van der Waals surface area (Å²) in [4.78, 5) is 10.3. The molecule has 2 atom stereocenters. The van der Waals surface area contributed by atoms with E-state index in [9.17, 15) is 10.1 Å². The van der Waals surface area contributed by atoms with E-state index in [0.717, 1.165) is 29.3 Å². The molecule has 2 rings (SSSR count). The molecular formula is C14H19BrN2O2. The fourth-order valence-corrected chi connectivity index (χ4v) is 3.29. The van der Waals surface area contributed by atoms with Crippen LogP contribution in [0.2, 0.25) is 0 Å². The first-order valence-corrected chi connectivity index (χ1v) is 7.55. The summed E-state index contributed by atoms with van der Waals surface area (Å²) >= 11 is 3.44. The highest BCUT2D eigenvalue weighted by molar-refractivity contribution is 9.10. The largest absolute Gasteiger partial charge is 0.327 e. The van der Waals surface area contributed by atoms with Crippen molar-refractivity contribution >= 4 is 21.6 Å². The summed E-state index contributed by atoms with van der Waals surface area (Å²) in [5.74, 6) is 0.486. The van der Waals surface area contributed by atoms with E-state index in [0.29, 0.717) is 5.92 Å². The Balaban J connectivity index is 2.11. The molecule has 1 saturated carbocycles. The molecule has 0 saturated heterocycles. The number of nitrogens with two attached hydrogens (primary N) is 1. The van der Waals surface area contributed by atoms with Gasteiger partial charge in [0.1, 0.15) is 0 Å². The van der Waals surface area contributed by atoms with Crippen LogP contribution in [0.25, 0.3) is 0 Å². The SMILES string of the molecule is NC1CCCCCC1Cc1ccc([N+](=O)[O-])cc1Br. The Hall–Kier alpha value is -0.940. The molecule has 0 aromatic heterocycles. The molecule has 0 amide bonds. The fraction of sp³-hybridized carbons (Fsp3) is 0.571. The summed E-state index contributed by atoms with van der Waals surface area (Å²) in [6.45, 7) is 0. The second kappa shape index (κ2) is 6.48. The van der Waals surface area contributed by atoms with Gasteiger partial charge in [-0.2, -0.15) is 0 Å². The van der Waals surface area contributed by atoms with Crippen LogP contribution in [0.5, 0.6) is 0 Å². The molecule has 1 aromatic rings. The van der Waals surface area contributed by atoms with E-state index in [1.54, 1.807) is 12.1 Å². The van der Waals surface area contributed by atoms with Crippen LogP contribution in [-0.2, 0) is 6.42 Å². The van der Waals surface area contributed by atoms with E-state index < -0.39 is 0 Å². The number of nitro benzene ring substituents is 1. The molecule has 5 heteroatoms. The van der Waals surface area contributed by atoms with E-state index in [2.05, 4.69) is 15.9 Å².